The fourth-order valence-corrected chi connectivity index (χ4v) is 4.42. The number of rotatable bonds is 4. The van der Waals surface area contributed by atoms with Crippen LogP contribution in [0.1, 0.15) is 39.7 Å². The second-order valence-corrected chi connectivity index (χ2v) is 8.44. The van der Waals surface area contributed by atoms with E-state index in [1.807, 2.05) is 62.1 Å². The number of thiazole rings is 1. The first-order valence-electron chi connectivity index (χ1n) is 9.75. The van der Waals surface area contributed by atoms with Crippen LogP contribution in [-0.2, 0) is 11.2 Å². The zero-order valence-electron chi connectivity index (χ0n) is 16.8. The third-order valence-electron chi connectivity index (χ3n) is 5.18. The topological polar surface area (TPSA) is 62.3 Å². The lowest BCUT2D eigenvalue weighted by atomic mass is 10.1. The number of nitrogens with one attached hydrogen (secondary N) is 1. The van der Waals surface area contributed by atoms with Crippen LogP contribution in [0, 0.1) is 13.8 Å². The number of aryl methyl sites for hydroxylation is 2. The summed E-state index contributed by atoms with van der Waals surface area (Å²) in [6.45, 7) is 6.62. The van der Waals surface area contributed by atoms with Crippen molar-refractivity contribution in [2.75, 3.05) is 16.8 Å². The quantitative estimate of drug-likeness (QED) is 0.666. The van der Waals surface area contributed by atoms with Crippen molar-refractivity contribution in [2.45, 2.75) is 33.6 Å². The molecule has 1 aliphatic heterocycles. The Hall–Kier alpha value is -2.99. The summed E-state index contributed by atoms with van der Waals surface area (Å²) in [5.74, 6) is -0.00424. The van der Waals surface area contributed by atoms with E-state index >= 15 is 0 Å². The predicted octanol–water partition coefficient (Wildman–Crippen LogP) is 4.98. The Morgan fingerprint density at radius 2 is 1.90 bits per heavy atom. The highest BCUT2D eigenvalue weighted by Crippen LogP contribution is 2.36. The van der Waals surface area contributed by atoms with Crippen LogP contribution in [-0.4, -0.2) is 23.3 Å². The van der Waals surface area contributed by atoms with E-state index in [1.165, 1.54) is 16.9 Å². The maximum absolute atomic E-state index is 12.5. The number of carbonyl (C=O) groups excluding carboxylic acids is 2. The second kappa shape index (κ2) is 7.79. The van der Waals surface area contributed by atoms with E-state index < -0.39 is 0 Å². The minimum Gasteiger partial charge on any atom is -0.312 e. The number of aromatic nitrogens is 1. The van der Waals surface area contributed by atoms with Crippen LogP contribution in [0.15, 0.2) is 42.5 Å². The average molecular weight is 406 g/mol. The van der Waals surface area contributed by atoms with E-state index in [9.17, 15) is 9.59 Å². The van der Waals surface area contributed by atoms with Crippen molar-refractivity contribution < 1.29 is 9.59 Å². The standard InChI is InChI=1S/C23H23N3O2S/c1-4-20(27)26-12-11-17-13-18(9-10-19(17)26)21-15(3)29-23(24-21)25-22(28)16-7-5-14(2)6-8-16/h5-10,13H,4,11-12H2,1-3H3,(H,24,25,28). The molecule has 4 rings (SSSR count). The van der Waals surface area contributed by atoms with Crippen molar-refractivity contribution in [1.29, 1.82) is 0 Å². The van der Waals surface area contributed by atoms with Crippen LogP contribution in [0.25, 0.3) is 11.3 Å². The molecule has 1 N–H and O–H groups in total. The Balaban J connectivity index is 1.56. The molecule has 3 aromatic rings. The van der Waals surface area contributed by atoms with Crippen molar-refractivity contribution in [3.63, 3.8) is 0 Å². The van der Waals surface area contributed by atoms with E-state index in [0.717, 1.165) is 40.4 Å². The summed E-state index contributed by atoms with van der Waals surface area (Å²) < 4.78 is 0. The molecule has 0 aliphatic carbocycles. The first-order chi connectivity index (χ1) is 14.0. The van der Waals surface area contributed by atoms with Gasteiger partial charge in [-0.1, -0.05) is 30.7 Å². The molecule has 0 fully saturated rings. The van der Waals surface area contributed by atoms with Gasteiger partial charge in [-0.3, -0.25) is 14.9 Å². The van der Waals surface area contributed by atoms with Gasteiger partial charge < -0.3 is 4.90 Å². The van der Waals surface area contributed by atoms with E-state index in [2.05, 4.69) is 16.4 Å². The number of carbonyl (C=O) groups is 2. The van der Waals surface area contributed by atoms with Gasteiger partial charge in [0, 0.05) is 34.7 Å². The molecular formula is C23H23N3O2S. The SMILES string of the molecule is CCC(=O)N1CCc2cc(-c3nc(NC(=O)c4ccc(C)cc4)sc3C)ccc21. The molecule has 0 radical (unpaired) electrons. The molecule has 0 saturated carbocycles. The highest BCUT2D eigenvalue weighted by Gasteiger charge is 2.24. The van der Waals surface area contributed by atoms with Crippen molar-refractivity contribution in [2.24, 2.45) is 0 Å². The molecule has 2 heterocycles. The van der Waals surface area contributed by atoms with Crippen molar-refractivity contribution in [1.82, 2.24) is 4.98 Å². The van der Waals surface area contributed by atoms with Crippen molar-refractivity contribution >= 4 is 34.0 Å². The van der Waals surface area contributed by atoms with Gasteiger partial charge in [0.25, 0.3) is 5.91 Å². The number of hydrogen-bond donors (Lipinski definition) is 1. The number of hydrogen-bond acceptors (Lipinski definition) is 4. The number of nitrogens with zero attached hydrogens (tertiary/aromatic N) is 2. The Bertz CT molecular complexity index is 1090. The van der Waals surface area contributed by atoms with Crippen molar-refractivity contribution in [3.8, 4) is 11.3 Å². The average Bonchev–Trinajstić information content (AvgIpc) is 3.30. The van der Waals surface area contributed by atoms with Crippen LogP contribution in [0.4, 0.5) is 10.8 Å². The molecule has 5 nitrogen and oxygen atoms in total. The van der Waals surface area contributed by atoms with Gasteiger partial charge in [-0.05, 0) is 50.1 Å². The number of amides is 2. The molecule has 2 amide bonds. The maximum Gasteiger partial charge on any atom is 0.257 e. The van der Waals surface area contributed by atoms with Gasteiger partial charge in [-0.2, -0.15) is 0 Å². The van der Waals surface area contributed by atoms with Crippen LogP contribution < -0.4 is 10.2 Å². The van der Waals surface area contributed by atoms with Crippen LogP contribution in [0.3, 0.4) is 0 Å². The van der Waals surface area contributed by atoms with Crippen LogP contribution in [0.5, 0.6) is 0 Å². The lowest BCUT2D eigenvalue weighted by Gasteiger charge is -2.16. The summed E-state index contributed by atoms with van der Waals surface area (Å²) in [6.07, 6.45) is 1.37. The zero-order chi connectivity index (χ0) is 20.5. The summed E-state index contributed by atoms with van der Waals surface area (Å²) in [7, 11) is 0. The van der Waals surface area contributed by atoms with Gasteiger partial charge in [0.15, 0.2) is 5.13 Å². The third-order valence-corrected chi connectivity index (χ3v) is 6.07. The minimum atomic E-state index is -0.159. The smallest absolute Gasteiger partial charge is 0.257 e. The molecule has 29 heavy (non-hydrogen) atoms. The molecular weight excluding hydrogens is 382 g/mol. The first-order valence-corrected chi connectivity index (χ1v) is 10.6. The number of fused-ring (bicyclic) bond motifs is 1. The molecule has 0 saturated heterocycles. The molecule has 1 aliphatic rings. The van der Waals surface area contributed by atoms with Gasteiger partial charge in [-0.25, -0.2) is 4.98 Å². The molecule has 6 heteroatoms. The molecule has 0 spiro atoms. The summed E-state index contributed by atoms with van der Waals surface area (Å²) in [4.78, 5) is 32.2. The summed E-state index contributed by atoms with van der Waals surface area (Å²) in [6, 6.07) is 13.6. The van der Waals surface area contributed by atoms with Crippen molar-refractivity contribution in [3.05, 3.63) is 64.0 Å². The highest BCUT2D eigenvalue weighted by molar-refractivity contribution is 7.16. The summed E-state index contributed by atoms with van der Waals surface area (Å²) >= 11 is 1.47. The van der Waals surface area contributed by atoms with Crippen LogP contribution in [0.2, 0.25) is 0 Å². The number of benzene rings is 2. The summed E-state index contributed by atoms with van der Waals surface area (Å²) in [5, 5.41) is 3.50. The van der Waals surface area contributed by atoms with Crippen LogP contribution >= 0.6 is 11.3 Å². The Kier molecular flexibility index (Phi) is 5.20. The molecule has 2 aromatic carbocycles. The summed E-state index contributed by atoms with van der Waals surface area (Å²) in [5.41, 5.74) is 5.78. The fourth-order valence-electron chi connectivity index (χ4n) is 3.59. The third kappa shape index (κ3) is 3.80. The Morgan fingerprint density at radius 3 is 2.62 bits per heavy atom. The van der Waals surface area contributed by atoms with E-state index in [-0.39, 0.29) is 11.8 Å². The van der Waals surface area contributed by atoms with E-state index in [1.54, 1.807) is 0 Å². The van der Waals surface area contributed by atoms with E-state index in [0.29, 0.717) is 17.1 Å². The van der Waals surface area contributed by atoms with Gasteiger partial charge >= 0.3 is 0 Å². The van der Waals surface area contributed by atoms with Gasteiger partial charge in [0.2, 0.25) is 5.91 Å². The predicted molar refractivity (Wildman–Crippen MR) is 118 cm³/mol. The van der Waals surface area contributed by atoms with E-state index in [4.69, 9.17) is 0 Å². The largest absolute Gasteiger partial charge is 0.312 e. The monoisotopic (exact) mass is 405 g/mol. The Morgan fingerprint density at radius 1 is 1.14 bits per heavy atom. The highest BCUT2D eigenvalue weighted by atomic mass is 32.1. The fraction of sp³-hybridized carbons (Fsp3) is 0.261. The molecule has 148 valence electrons. The molecule has 1 aromatic heterocycles. The lowest BCUT2D eigenvalue weighted by molar-refractivity contribution is -0.118. The lowest BCUT2D eigenvalue weighted by Crippen LogP contribution is -2.27. The first kappa shape index (κ1) is 19.3. The van der Waals surface area contributed by atoms with Gasteiger partial charge in [0.1, 0.15) is 0 Å². The normalized spacial score (nSPS) is 12.7. The molecule has 0 atom stereocenters. The number of anilines is 2. The molecule has 0 unspecified atom stereocenters. The maximum atomic E-state index is 12.5. The minimum absolute atomic E-state index is 0.155. The second-order valence-electron chi connectivity index (χ2n) is 7.24. The van der Waals surface area contributed by atoms with Gasteiger partial charge in [0.05, 0.1) is 5.69 Å². The van der Waals surface area contributed by atoms with Gasteiger partial charge in [-0.15, -0.1) is 11.3 Å². The zero-order valence-corrected chi connectivity index (χ0v) is 17.6. The molecule has 0 bridgehead atoms. The Labute approximate surface area is 174 Å².